The molecular weight excluding hydrogens is 262 g/mol. The van der Waals surface area contributed by atoms with E-state index in [4.69, 9.17) is 0 Å². The molecule has 0 unspecified atom stereocenters. The summed E-state index contributed by atoms with van der Waals surface area (Å²) in [4.78, 5) is 14.2. The van der Waals surface area contributed by atoms with Gasteiger partial charge in [-0.3, -0.25) is 4.79 Å². The van der Waals surface area contributed by atoms with E-state index in [1.807, 2.05) is 67.6 Å². The topological polar surface area (TPSA) is 40.5 Å². The van der Waals surface area contributed by atoms with Gasteiger partial charge < -0.3 is 10.0 Å². The molecule has 1 aliphatic rings. The van der Waals surface area contributed by atoms with E-state index < -0.39 is 11.6 Å². The molecule has 106 valence electrons. The van der Waals surface area contributed by atoms with Crippen molar-refractivity contribution in [1.82, 2.24) is 0 Å². The molecule has 3 heteroatoms. The molecule has 1 aliphatic heterocycles. The highest BCUT2D eigenvalue weighted by atomic mass is 16.3. The minimum atomic E-state index is -1.37. The van der Waals surface area contributed by atoms with Crippen molar-refractivity contribution in [2.24, 2.45) is 0 Å². The largest absolute Gasteiger partial charge is 0.378 e. The summed E-state index contributed by atoms with van der Waals surface area (Å²) in [6.45, 7) is 5.69. The predicted molar refractivity (Wildman–Crippen MR) is 82.9 cm³/mol. The second-order valence-corrected chi connectivity index (χ2v) is 5.30. The van der Waals surface area contributed by atoms with Crippen molar-refractivity contribution in [3.8, 4) is 0 Å². The molecule has 1 heterocycles. The van der Waals surface area contributed by atoms with Crippen molar-refractivity contribution in [2.45, 2.75) is 18.6 Å². The van der Waals surface area contributed by atoms with Gasteiger partial charge in [0.25, 0.3) is 5.91 Å². The van der Waals surface area contributed by atoms with Gasteiger partial charge in [0, 0.05) is 11.3 Å². The third-order valence-electron chi connectivity index (χ3n) is 4.18. The first-order chi connectivity index (χ1) is 10.1. The molecule has 1 fully saturated rings. The molecule has 0 spiro atoms. The fraction of sp³-hybridized carbons (Fsp3) is 0.167. The van der Waals surface area contributed by atoms with Crippen LogP contribution in [0.5, 0.6) is 0 Å². The lowest BCUT2D eigenvalue weighted by Crippen LogP contribution is -2.41. The zero-order valence-corrected chi connectivity index (χ0v) is 11.9. The van der Waals surface area contributed by atoms with E-state index in [-0.39, 0.29) is 11.5 Å². The van der Waals surface area contributed by atoms with Gasteiger partial charge in [0.05, 0.1) is 6.04 Å². The lowest BCUT2D eigenvalue weighted by molar-refractivity contribution is -0.114. The third-order valence-corrected chi connectivity index (χ3v) is 4.18. The van der Waals surface area contributed by atoms with Crippen LogP contribution < -0.4 is 4.90 Å². The smallest absolute Gasteiger partial charge is 0.257 e. The van der Waals surface area contributed by atoms with Crippen LogP contribution in [0.25, 0.3) is 0 Å². The number of para-hydroxylation sites is 1. The maximum absolute atomic E-state index is 12.6. The summed E-state index contributed by atoms with van der Waals surface area (Å²) in [5.41, 5.74) is 0.302. The molecule has 2 aromatic rings. The van der Waals surface area contributed by atoms with Crippen molar-refractivity contribution < 1.29 is 9.90 Å². The Morgan fingerprint density at radius 1 is 1.05 bits per heavy atom. The second kappa shape index (κ2) is 4.86. The van der Waals surface area contributed by atoms with E-state index in [0.717, 1.165) is 5.69 Å². The van der Waals surface area contributed by atoms with Gasteiger partial charge in [0.15, 0.2) is 0 Å². The number of benzene rings is 2. The molecule has 0 aromatic heterocycles. The Bertz CT molecular complexity index is 681. The van der Waals surface area contributed by atoms with Gasteiger partial charge in [0.2, 0.25) is 0 Å². The maximum atomic E-state index is 12.6. The van der Waals surface area contributed by atoms with Gasteiger partial charge in [-0.15, -0.1) is 0 Å². The van der Waals surface area contributed by atoms with Gasteiger partial charge >= 0.3 is 0 Å². The number of hydrogen-bond acceptors (Lipinski definition) is 2. The summed E-state index contributed by atoms with van der Waals surface area (Å²) in [7, 11) is 0. The van der Waals surface area contributed by atoms with Crippen LogP contribution >= 0.6 is 0 Å². The maximum Gasteiger partial charge on any atom is 0.257 e. The molecule has 3 rings (SSSR count). The standard InChI is InChI=1S/C18H17NO2/c1-13-17(20)19(16-11-7-4-8-12-16)14(2)18(13,21)15-9-5-3-6-10-15/h3-12,14,21H,1H2,2H3/t14-,18-/m0/s1. The molecule has 0 radical (unpaired) electrons. The highest BCUT2D eigenvalue weighted by Gasteiger charge is 2.53. The fourth-order valence-electron chi connectivity index (χ4n) is 2.96. The lowest BCUT2D eigenvalue weighted by atomic mass is 9.84. The molecule has 1 amide bonds. The van der Waals surface area contributed by atoms with E-state index in [1.165, 1.54) is 0 Å². The van der Waals surface area contributed by atoms with Crippen LogP contribution in [0.1, 0.15) is 12.5 Å². The monoisotopic (exact) mass is 279 g/mol. The summed E-state index contributed by atoms with van der Waals surface area (Å²) < 4.78 is 0. The van der Waals surface area contributed by atoms with Crippen LogP contribution in [0, 0.1) is 0 Å². The molecule has 3 nitrogen and oxygen atoms in total. The molecule has 0 bridgehead atoms. The Morgan fingerprint density at radius 2 is 1.57 bits per heavy atom. The quantitative estimate of drug-likeness (QED) is 0.859. The molecule has 0 aliphatic carbocycles. The van der Waals surface area contributed by atoms with E-state index in [2.05, 4.69) is 6.58 Å². The summed E-state index contributed by atoms with van der Waals surface area (Å²) in [6, 6.07) is 18.2. The number of amides is 1. The minimum Gasteiger partial charge on any atom is -0.378 e. The van der Waals surface area contributed by atoms with Gasteiger partial charge in [0.1, 0.15) is 5.60 Å². The number of aliphatic hydroxyl groups is 1. The molecule has 21 heavy (non-hydrogen) atoms. The first kappa shape index (κ1) is 13.6. The molecular formula is C18H17NO2. The second-order valence-electron chi connectivity index (χ2n) is 5.30. The van der Waals surface area contributed by atoms with Crippen LogP contribution in [0.4, 0.5) is 5.69 Å². The van der Waals surface area contributed by atoms with Crippen molar-refractivity contribution in [3.63, 3.8) is 0 Å². The fourth-order valence-corrected chi connectivity index (χ4v) is 2.96. The van der Waals surface area contributed by atoms with E-state index in [1.54, 1.807) is 4.90 Å². The van der Waals surface area contributed by atoms with Crippen molar-refractivity contribution >= 4 is 11.6 Å². The molecule has 0 saturated carbocycles. The Hall–Kier alpha value is -2.39. The van der Waals surface area contributed by atoms with E-state index >= 15 is 0 Å². The average Bonchev–Trinajstić information content (AvgIpc) is 2.71. The first-order valence-electron chi connectivity index (χ1n) is 6.92. The van der Waals surface area contributed by atoms with Gasteiger partial charge in [-0.2, -0.15) is 0 Å². The Kier molecular flexibility index (Phi) is 3.15. The van der Waals surface area contributed by atoms with E-state index in [9.17, 15) is 9.90 Å². The summed E-state index contributed by atoms with van der Waals surface area (Å²) in [5.74, 6) is -0.236. The third kappa shape index (κ3) is 1.89. The van der Waals surface area contributed by atoms with Gasteiger partial charge in [-0.05, 0) is 24.6 Å². The number of carbonyl (C=O) groups is 1. The molecule has 2 atom stereocenters. The summed E-state index contributed by atoms with van der Waals surface area (Å²) >= 11 is 0. The SMILES string of the molecule is C=C1C(=O)N(c2ccccc2)[C@@H](C)[C@]1(O)c1ccccc1. The van der Waals surface area contributed by atoms with Crippen molar-refractivity contribution in [1.29, 1.82) is 0 Å². The normalized spacial score (nSPS) is 25.4. The average molecular weight is 279 g/mol. The Labute approximate surface area is 124 Å². The summed E-state index contributed by atoms with van der Waals surface area (Å²) in [5, 5.41) is 11.1. The number of hydrogen-bond donors (Lipinski definition) is 1. The van der Waals surface area contributed by atoms with Crippen molar-refractivity contribution in [3.05, 3.63) is 78.4 Å². The van der Waals surface area contributed by atoms with E-state index in [0.29, 0.717) is 5.56 Å². The number of rotatable bonds is 2. The Morgan fingerprint density at radius 3 is 2.14 bits per heavy atom. The van der Waals surface area contributed by atoms with Crippen LogP contribution in [-0.4, -0.2) is 17.1 Å². The minimum absolute atomic E-state index is 0.213. The van der Waals surface area contributed by atoms with Crippen LogP contribution in [0.3, 0.4) is 0 Å². The summed E-state index contributed by atoms with van der Waals surface area (Å²) in [6.07, 6.45) is 0. The zero-order valence-electron chi connectivity index (χ0n) is 11.9. The lowest BCUT2D eigenvalue weighted by Gasteiger charge is -2.31. The molecule has 2 aromatic carbocycles. The first-order valence-corrected chi connectivity index (χ1v) is 6.92. The van der Waals surface area contributed by atoms with Crippen LogP contribution in [-0.2, 0) is 10.4 Å². The van der Waals surface area contributed by atoms with Crippen LogP contribution in [0.2, 0.25) is 0 Å². The van der Waals surface area contributed by atoms with Gasteiger partial charge in [-0.1, -0.05) is 55.1 Å². The van der Waals surface area contributed by atoms with Gasteiger partial charge in [-0.25, -0.2) is 0 Å². The highest BCUT2D eigenvalue weighted by Crippen LogP contribution is 2.43. The van der Waals surface area contributed by atoms with Crippen molar-refractivity contribution in [2.75, 3.05) is 4.90 Å². The number of anilines is 1. The number of carbonyl (C=O) groups excluding carboxylic acids is 1. The highest BCUT2D eigenvalue weighted by molar-refractivity contribution is 6.10. The Balaban J connectivity index is 2.10. The predicted octanol–water partition coefficient (Wildman–Crippen LogP) is 2.87. The molecule has 1 saturated heterocycles. The zero-order chi connectivity index (χ0) is 15.0. The van der Waals surface area contributed by atoms with Crippen LogP contribution in [0.15, 0.2) is 72.8 Å². The molecule has 1 N–H and O–H groups in total. The number of nitrogens with zero attached hydrogens (tertiary/aromatic N) is 1.